The Bertz CT molecular complexity index is 578. The molecule has 2 aromatic rings. The normalized spacial score (nSPS) is 12.9. The van der Waals surface area contributed by atoms with Gasteiger partial charge in [0.15, 0.2) is 0 Å². The number of carbonyl (C=O) groups excluding carboxylic acids is 1. The van der Waals surface area contributed by atoms with Crippen molar-refractivity contribution in [3.63, 3.8) is 0 Å². The third-order valence-electron chi connectivity index (χ3n) is 3.95. The topological polar surface area (TPSA) is 49.3 Å². The molecule has 22 heavy (non-hydrogen) atoms. The molecule has 1 atom stereocenters. The first-order valence-electron chi connectivity index (χ1n) is 7.51. The van der Waals surface area contributed by atoms with Crippen molar-refractivity contribution in [2.24, 2.45) is 0 Å². The van der Waals surface area contributed by atoms with Crippen LogP contribution in [0.25, 0.3) is 0 Å². The maximum Gasteiger partial charge on any atom is 0.220 e. The predicted octanol–water partition coefficient (Wildman–Crippen LogP) is 3.66. The molecule has 2 N–H and O–H groups in total. The Morgan fingerprint density at radius 3 is 2.64 bits per heavy atom. The third kappa shape index (κ3) is 4.68. The highest BCUT2D eigenvalue weighted by Crippen LogP contribution is 2.28. The first-order chi connectivity index (χ1) is 10.5. The summed E-state index contributed by atoms with van der Waals surface area (Å²) in [5.74, 6) is -0.0155. The number of aliphatic hydroxyl groups is 1. The van der Waals surface area contributed by atoms with Gasteiger partial charge in [-0.2, -0.15) is 11.3 Å². The molecule has 0 spiro atoms. The minimum atomic E-state index is -0.627. The second-order valence-corrected chi connectivity index (χ2v) is 6.91. The van der Waals surface area contributed by atoms with Crippen LogP contribution in [0, 0.1) is 0 Å². The first-order valence-corrected chi connectivity index (χ1v) is 8.46. The summed E-state index contributed by atoms with van der Waals surface area (Å²) in [4.78, 5) is 12.0. The molecule has 0 fully saturated rings. The van der Waals surface area contributed by atoms with Crippen LogP contribution < -0.4 is 5.32 Å². The highest BCUT2D eigenvalue weighted by atomic mass is 32.1. The van der Waals surface area contributed by atoms with E-state index < -0.39 is 6.10 Å². The molecule has 118 valence electrons. The van der Waals surface area contributed by atoms with Crippen LogP contribution in [0.15, 0.2) is 47.2 Å². The number of thiophene rings is 1. The zero-order valence-electron chi connectivity index (χ0n) is 13.1. The Hall–Kier alpha value is -1.65. The van der Waals surface area contributed by atoms with Gasteiger partial charge in [-0.05, 0) is 39.8 Å². The summed E-state index contributed by atoms with van der Waals surface area (Å²) in [6.45, 7) is 4.56. The lowest BCUT2D eigenvalue weighted by molar-refractivity contribution is -0.121. The number of amides is 1. The summed E-state index contributed by atoms with van der Waals surface area (Å²) in [6.07, 6.45) is 0.604. The Morgan fingerprint density at radius 2 is 2.00 bits per heavy atom. The molecule has 0 bridgehead atoms. The maximum absolute atomic E-state index is 12.0. The van der Waals surface area contributed by atoms with Crippen LogP contribution in [-0.2, 0) is 10.2 Å². The molecular formula is C18H23NO2S. The summed E-state index contributed by atoms with van der Waals surface area (Å²) < 4.78 is 0. The van der Waals surface area contributed by atoms with Gasteiger partial charge < -0.3 is 10.4 Å². The van der Waals surface area contributed by atoms with E-state index in [4.69, 9.17) is 0 Å². The lowest BCUT2D eigenvalue weighted by Crippen LogP contribution is -2.30. The van der Waals surface area contributed by atoms with Gasteiger partial charge in [-0.25, -0.2) is 0 Å². The van der Waals surface area contributed by atoms with Crippen molar-refractivity contribution in [2.75, 3.05) is 6.54 Å². The smallest absolute Gasteiger partial charge is 0.220 e. The fourth-order valence-corrected chi connectivity index (χ4v) is 3.05. The molecule has 3 nitrogen and oxygen atoms in total. The van der Waals surface area contributed by atoms with Crippen LogP contribution >= 0.6 is 11.3 Å². The first kappa shape index (κ1) is 16.7. The molecule has 0 saturated carbocycles. The molecule has 0 aliphatic rings. The van der Waals surface area contributed by atoms with E-state index in [1.165, 1.54) is 5.56 Å². The lowest BCUT2D eigenvalue weighted by Gasteiger charge is -2.25. The van der Waals surface area contributed by atoms with E-state index in [0.29, 0.717) is 6.42 Å². The van der Waals surface area contributed by atoms with Crippen LogP contribution in [0.1, 0.15) is 43.9 Å². The van der Waals surface area contributed by atoms with Crippen molar-refractivity contribution in [3.8, 4) is 0 Å². The molecule has 0 radical (unpaired) electrons. The molecule has 1 heterocycles. The summed E-state index contributed by atoms with van der Waals surface area (Å²) in [5, 5.41) is 16.6. The van der Waals surface area contributed by atoms with Crippen LogP contribution in [0.4, 0.5) is 0 Å². The number of nitrogens with one attached hydrogen (secondary N) is 1. The Kier molecular flexibility index (Phi) is 5.75. The average Bonchev–Trinajstić information content (AvgIpc) is 3.06. The molecular weight excluding hydrogens is 294 g/mol. The number of carbonyl (C=O) groups is 1. The summed E-state index contributed by atoms with van der Waals surface area (Å²) in [6, 6.07) is 12.1. The monoisotopic (exact) mass is 317 g/mol. The van der Waals surface area contributed by atoms with Crippen molar-refractivity contribution < 1.29 is 9.90 Å². The summed E-state index contributed by atoms with van der Waals surface area (Å²) >= 11 is 1.54. The second-order valence-electron chi connectivity index (χ2n) is 6.13. The number of hydrogen-bond acceptors (Lipinski definition) is 3. The van der Waals surface area contributed by atoms with E-state index in [1.54, 1.807) is 11.3 Å². The molecule has 2 rings (SSSR count). The Labute approximate surface area is 136 Å². The van der Waals surface area contributed by atoms with Gasteiger partial charge in [0.1, 0.15) is 0 Å². The number of rotatable bonds is 7. The average molecular weight is 317 g/mol. The van der Waals surface area contributed by atoms with Gasteiger partial charge in [0, 0.05) is 13.0 Å². The summed E-state index contributed by atoms with van der Waals surface area (Å²) in [5.41, 5.74) is 2.06. The molecule has 0 aliphatic carbocycles. The number of aliphatic hydroxyl groups excluding tert-OH is 1. The van der Waals surface area contributed by atoms with E-state index >= 15 is 0 Å². The molecule has 0 saturated heterocycles. The van der Waals surface area contributed by atoms with Crippen molar-refractivity contribution in [3.05, 3.63) is 58.3 Å². The molecule has 1 aromatic carbocycles. The van der Waals surface area contributed by atoms with E-state index in [9.17, 15) is 9.90 Å². The van der Waals surface area contributed by atoms with E-state index in [1.807, 2.05) is 35.0 Å². The zero-order chi connectivity index (χ0) is 16.0. The number of benzene rings is 1. The SMILES string of the molecule is CC(C)(CCC(=O)NCC(O)c1ccsc1)c1ccccc1. The van der Waals surface area contributed by atoms with Crippen molar-refractivity contribution >= 4 is 17.2 Å². The third-order valence-corrected chi connectivity index (χ3v) is 4.65. The molecule has 0 aliphatic heterocycles. The van der Waals surface area contributed by atoms with Gasteiger partial charge in [0.2, 0.25) is 5.91 Å². The van der Waals surface area contributed by atoms with Crippen LogP contribution in [0.2, 0.25) is 0 Å². The van der Waals surface area contributed by atoms with Gasteiger partial charge in [0.25, 0.3) is 0 Å². The Morgan fingerprint density at radius 1 is 1.27 bits per heavy atom. The van der Waals surface area contributed by atoms with E-state index in [-0.39, 0.29) is 17.9 Å². The highest BCUT2D eigenvalue weighted by molar-refractivity contribution is 7.07. The fourth-order valence-electron chi connectivity index (χ4n) is 2.34. The van der Waals surface area contributed by atoms with Gasteiger partial charge >= 0.3 is 0 Å². The zero-order valence-corrected chi connectivity index (χ0v) is 13.9. The quantitative estimate of drug-likeness (QED) is 0.819. The molecule has 1 unspecified atom stereocenters. The van der Waals surface area contributed by atoms with Crippen LogP contribution in [0.3, 0.4) is 0 Å². The van der Waals surface area contributed by atoms with Crippen LogP contribution in [-0.4, -0.2) is 17.6 Å². The Balaban J connectivity index is 1.78. The molecule has 1 amide bonds. The van der Waals surface area contributed by atoms with Crippen molar-refractivity contribution in [2.45, 2.75) is 38.2 Å². The van der Waals surface area contributed by atoms with E-state index in [0.717, 1.165) is 12.0 Å². The van der Waals surface area contributed by atoms with Gasteiger partial charge in [0.05, 0.1) is 6.10 Å². The largest absolute Gasteiger partial charge is 0.387 e. The molecule has 1 aromatic heterocycles. The standard InChI is InChI=1S/C18H23NO2S/c1-18(2,15-6-4-3-5-7-15)10-8-17(21)19-12-16(20)14-9-11-22-13-14/h3-7,9,11,13,16,20H,8,10,12H2,1-2H3,(H,19,21). The predicted molar refractivity (Wildman–Crippen MR) is 91.0 cm³/mol. The summed E-state index contributed by atoms with van der Waals surface area (Å²) in [7, 11) is 0. The van der Waals surface area contributed by atoms with E-state index in [2.05, 4.69) is 31.3 Å². The van der Waals surface area contributed by atoms with Crippen LogP contribution in [0.5, 0.6) is 0 Å². The van der Waals surface area contributed by atoms with Gasteiger partial charge in [-0.15, -0.1) is 0 Å². The van der Waals surface area contributed by atoms with Crippen molar-refractivity contribution in [1.29, 1.82) is 0 Å². The minimum absolute atomic E-state index is 0.0155. The highest BCUT2D eigenvalue weighted by Gasteiger charge is 2.21. The van der Waals surface area contributed by atoms with Gasteiger partial charge in [-0.1, -0.05) is 44.2 Å². The van der Waals surface area contributed by atoms with Gasteiger partial charge in [-0.3, -0.25) is 4.79 Å². The fraction of sp³-hybridized carbons (Fsp3) is 0.389. The lowest BCUT2D eigenvalue weighted by atomic mass is 9.80. The second kappa shape index (κ2) is 7.56. The molecule has 4 heteroatoms. The van der Waals surface area contributed by atoms with Crippen molar-refractivity contribution in [1.82, 2.24) is 5.32 Å². The number of hydrogen-bond donors (Lipinski definition) is 2. The minimum Gasteiger partial charge on any atom is -0.387 e. The maximum atomic E-state index is 12.0.